The van der Waals surface area contributed by atoms with Gasteiger partial charge in [0, 0.05) is 45.2 Å². The predicted octanol–water partition coefficient (Wildman–Crippen LogP) is 0.608. The number of carbonyl (C=O) groups is 2. The second-order valence-electron chi connectivity index (χ2n) is 7.45. The molecule has 0 radical (unpaired) electrons. The number of carbonyl (C=O) groups excluding carboxylic acids is 2. The fourth-order valence-corrected chi connectivity index (χ4v) is 5.72. The van der Waals surface area contributed by atoms with Crippen LogP contribution in [0.5, 0.6) is 0 Å². The highest BCUT2D eigenvalue weighted by Gasteiger charge is 2.40. The SMILES string of the molecule is CC(=O)N1c2ccc(S(=O)(=O)N3CCOCC3)cc2C[C@H]1C(=O)N1CCCC1. The number of nitrogens with zero attached hydrogens (tertiary/aromatic N) is 3. The molecule has 3 aliphatic rings. The fourth-order valence-electron chi connectivity index (χ4n) is 4.26. The Hall–Kier alpha value is -1.97. The summed E-state index contributed by atoms with van der Waals surface area (Å²) in [6, 6.07) is 4.21. The molecule has 0 bridgehead atoms. The Morgan fingerprint density at radius 2 is 1.75 bits per heavy atom. The van der Waals surface area contributed by atoms with Crippen molar-refractivity contribution >= 4 is 27.5 Å². The van der Waals surface area contributed by atoms with Gasteiger partial charge in [-0.3, -0.25) is 14.5 Å². The van der Waals surface area contributed by atoms with Crippen molar-refractivity contribution in [3.05, 3.63) is 23.8 Å². The number of benzene rings is 1. The second kappa shape index (κ2) is 7.46. The van der Waals surface area contributed by atoms with Crippen LogP contribution in [0.25, 0.3) is 0 Å². The van der Waals surface area contributed by atoms with Crippen LogP contribution >= 0.6 is 0 Å². The third-order valence-electron chi connectivity index (χ3n) is 5.69. The molecule has 0 aromatic heterocycles. The van der Waals surface area contributed by atoms with E-state index in [4.69, 9.17) is 4.74 Å². The van der Waals surface area contributed by atoms with Gasteiger partial charge in [-0.1, -0.05) is 0 Å². The Bertz CT molecular complexity index is 889. The summed E-state index contributed by atoms with van der Waals surface area (Å²) in [7, 11) is -3.62. The summed E-state index contributed by atoms with van der Waals surface area (Å²) in [6.07, 6.45) is 2.30. The quantitative estimate of drug-likeness (QED) is 0.733. The Labute approximate surface area is 165 Å². The van der Waals surface area contributed by atoms with E-state index in [2.05, 4.69) is 0 Å². The second-order valence-corrected chi connectivity index (χ2v) is 9.39. The van der Waals surface area contributed by atoms with Gasteiger partial charge in [-0.2, -0.15) is 4.31 Å². The normalized spacial score (nSPS) is 23.1. The van der Waals surface area contributed by atoms with Gasteiger partial charge in [0.25, 0.3) is 0 Å². The van der Waals surface area contributed by atoms with Crippen LogP contribution < -0.4 is 4.90 Å². The molecule has 0 saturated carbocycles. The molecule has 0 aliphatic carbocycles. The molecular weight excluding hydrogens is 382 g/mol. The van der Waals surface area contributed by atoms with E-state index in [0.29, 0.717) is 51.5 Å². The number of hydrogen-bond acceptors (Lipinski definition) is 5. The summed E-state index contributed by atoms with van der Waals surface area (Å²) in [5.74, 6) is -0.262. The van der Waals surface area contributed by atoms with Gasteiger partial charge in [-0.15, -0.1) is 0 Å². The highest BCUT2D eigenvalue weighted by Crippen LogP contribution is 2.36. The number of hydrogen-bond donors (Lipinski definition) is 0. The van der Waals surface area contributed by atoms with Gasteiger partial charge in [0.2, 0.25) is 21.8 Å². The number of morpholine rings is 1. The summed E-state index contributed by atoms with van der Waals surface area (Å²) in [4.78, 5) is 28.8. The van der Waals surface area contributed by atoms with E-state index in [-0.39, 0.29) is 16.7 Å². The molecule has 28 heavy (non-hydrogen) atoms. The van der Waals surface area contributed by atoms with E-state index in [0.717, 1.165) is 18.4 Å². The molecular formula is C19H25N3O5S. The van der Waals surface area contributed by atoms with E-state index in [9.17, 15) is 18.0 Å². The zero-order chi connectivity index (χ0) is 19.9. The molecule has 1 aromatic carbocycles. The van der Waals surface area contributed by atoms with Crippen molar-refractivity contribution in [1.82, 2.24) is 9.21 Å². The van der Waals surface area contributed by atoms with E-state index in [1.165, 1.54) is 22.2 Å². The predicted molar refractivity (Wildman–Crippen MR) is 102 cm³/mol. The zero-order valence-electron chi connectivity index (χ0n) is 16.0. The van der Waals surface area contributed by atoms with E-state index in [1.807, 2.05) is 0 Å². The highest BCUT2D eigenvalue weighted by molar-refractivity contribution is 7.89. The van der Waals surface area contributed by atoms with Crippen LogP contribution in [0.3, 0.4) is 0 Å². The van der Waals surface area contributed by atoms with Gasteiger partial charge in [-0.25, -0.2) is 8.42 Å². The number of sulfonamides is 1. The minimum atomic E-state index is -3.62. The van der Waals surface area contributed by atoms with Crippen LogP contribution in [0.2, 0.25) is 0 Å². The first-order chi connectivity index (χ1) is 13.4. The molecule has 8 nitrogen and oxygen atoms in total. The highest BCUT2D eigenvalue weighted by atomic mass is 32.2. The third kappa shape index (κ3) is 3.31. The van der Waals surface area contributed by atoms with Gasteiger partial charge in [0.1, 0.15) is 6.04 Å². The van der Waals surface area contributed by atoms with Gasteiger partial charge in [0.05, 0.1) is 18.1 Å². The first kappa shape index (κ1) is 19.4. The molecule has 1 atom stereocenters. The standard InChI is InChI=1S/C19H25N3O5S/c1-14(23)22-17-5-4-16(28(25,26)21-8-10-27-11-9-21)12-15(17)13-18(22)19(24)20-6-2-3-7-20/h4-5,12,18H,2-3,6-11,13H2,1H3/t18-/m0/s1. The van der Waals surface area contributed by atoms with Gasteiger partial charge in [-0.05, 0) is 36.6 Å². The average molecular weight is 407 g/mol. The Morgan fingerprint density at radius 3 is 2.39 bits per heavy atom. The molecule has 152 valence electrons. The van der Waals surface area contributed by atoms with Crippen molar-refractivity contribution in [1.29, 1.82) is 0 Å². The topological polar surface area (TPSA) is 87.2 Å². The van der Waals surface area contributed by atoms with Gasteiger partial charge in [0.15, 0.2) is 0 Å². The molecule has 2 amide bonds. The first-order valence-corrected chi connectivity index (χ1v) is 11.1. The molecule has 0 spiro atoms. The Balaban J connectivity index is 1.64. The lowest BCUT2D eigenvalue weighted by atomic mass is 10.1. The maximum atomic E-state index is 13.0. The zero-order valence-corrected chi connectivity index (χ0v) is 16.8. The molecule has 3 aliphatic heterocycles. The Morgan fingerprint density at radius 1 is 1.07 bits per heavy atom. The maximum Gasteiger partial charge on any atom is 0.246 e. The lowest BCUT2D eigenvalue weighted by molar-refractivity contribution is -0.133. The van der Waals surface area contributed by atoms with Crippen LogP contribution in [0.1, 0.15) is 25.3 Å². The minimum absolute atomic E-state index is 0.0542. The monoisotopic (exact) mass is 407 g/mol. The molecule has 1 aromatic rings. The average Bonchev–Trinajstić information content (AvgIpc) is 3.35. The first-order valence-electron chi connectivity index (χ1n) is 9.69. The molecule has 0 unspecified atom stereocenters. The van der Waals surface area contributed by atoms with Crippen molar-refractivity contribution in [3.63, 3.8) is 0 Å². The van der Waals surface area contributed by atoms with Crippen LogP contribution in [-0.4, -0.2) is 74.9 Å². The molecule has 2 saturated heterocycles. The summed E-state index contributed by atoms with van der Waals surface area (Å²) in [5.41, 5.74) is 1.35. The lowest BCUT2D eigenvalue weighted by Gasteiger charge is -2.27. The molecule has 9 heteroatoms. The van der Waals surface area contributed by atoms with E-state index in [1.54, 1.807) is 17.0 Å². The van der Waals surface area contributed by atoms with Crippen molar-refractivity contribution < 1.29 is 22.7 Å². The van der Waals surface area contributed by atoms with Crippen LogP contribution in [0, 0.1) is 0 Å². The number of amides is 2. The number of rotatable bonds is 3. The summed E-state index contributed by atoms with van der Waals surface area (Å²) in [6.45, 7) is 4.30. The summed E-state index contributed by atoms with van der Waals surface area (Å²) in [5, 5.41) is 0. The number of fused-ring (bicyclic) bond motifs is 1. The molecule has 0 N–H and O–H groups in total. The van der Waals surface area contributed by atoms with Crippen molar-refractivity contribution in [3.8, 4) is 0 Å². The number of likely N-dealkylation sites (tertiary alicyclic amines) is 1. The van der Waals surface area contributed by atoms with Gasteiger partial charge < -0.3 is 9.64 Å². The van der Waals surface area contributed by atoms with Crippen molar-refractivity contribution in [2.75, 3.05) is 44.3 Å². The van der Waals surface area contributed by atoms with Crippen molar-refractivity contribution in [2.24, 2.45) is 0 Å². The molecule has 3 heterocycles. The summed E-state index contributed by atoms with van der Waals surface area (Å²) >= 11 is 0. The largest absolute Gasteiger partial charge is 0.379 e. The Kier molecular flexibility index (Phi) is 5.15. The van der Waals surface area contributed by atoms with Crippen molar-refractivity contribution in [2.45, 2.75) is 37.1 Å². The minimum Gasteiger partial charge on any atom is -0.379 e. The third-order valence-corrected chi connectivity index (χ3v) is 7.58. The summed E-state index contributed by atoms with van der Waals surface area (Å²) < 4.78 is 32.5. The van der Waals surface area contributed by atoms with Crippen LogP contribution in [-0.2, 0) is 30.8 Å². The molecule has 2 fully saturated rings. The number of anilines is 1. The number of ether oxygens (including phenoxy) is 1. The molecule has 4 rings (SSSR count). The van der Waals surface area contributed by atoms with E-state index < -0.39 is 16.1 Å². The van der Waals surface area contributed by atoms with Gasteiger partial charge >= 0.3 is 0 Å². The van der Waals surface area contributed by atoms with Crippen LogP contribution in [0.15, 0.2) is 23.1 Å². The lowest BCUT2D eigenvalue weighted by Crippen LogP contribution is -2.48. The fraction of sp³-hybridized carbons (Fsp3) is 0.579. The maximum absolute atomic E-state index is 13.0. The smallest absolute Gasteiger partial charge is 0.246 e. The van der Waals surface area contributed by atoms with E-state index >= 15 is 0 Å². The van der Waals surface area contributed by atoms with Crippen LogP contribution in [0.4, 0.5) is 5.69 Å².